The lowest BCUT2D eigenvalue weighted by Gasteiger charge is -2.32. The maximum atomic E-state index is 13.1. The van der Waals surface area contributed by atoms with Crippen LogP contribution in [0.1, 0.15) is 89.7 Å². The standard InChI is InChI=1S/C30H42N6O8S/c1-30(2,3)44-28(40)31-21-8-5-19(6-9-21)26(38)33-45(42,43)35-15-13-18(14-16-35)20-7-10-22-24(17-20)34(4)29(41)36(22)23-11-12-25(37)32-27(23)39/h7,10,17-19,21,23H,5-6,8-9,11-16H2,1-4H3,(H,31,40)(H,33,38)(H,32,37,39). The van der Waals surface area contributed by atoms with Crippen molar-refractivity contribution in [2.75, 3.05) is 13.1 Å². The fourth-order valence-electron chi connectivity index (χ4n) is 6.54. The number of hydrogen-bond acceptors (Lipinski definition) is 8. The fourth-order valence-corrected chi connectivity index (χ4v) is 7.78. The molecule has 3 aliphatic rings. The van der Waals surface area contributed by atoms with Gasteiger partial charge >= 0.3 is 22.0 Å². The van der Waals surface area contributed by atoms with E-state index < -0.39 is 45.7 Å². The first-order valence-corrected chi connectivity index (χ1v) is 16.9. The summed E-state index contributed by atoms with van der Waals surface area (Å²) in [4.78, 5) is 62.1. The molecule has 0 radical (unpaired) electrons. The number of nitrogens with one attached hydrogen (secondary N) is 3. The molecule has 1 unspecified atom stereocenters. The third kappa shape index (κ3) is 7.24. The number of imidazole rings is 1. The maximum absolute atomic E-state index is 13.1. The molecule has 3 fully saturated rings. The van der Waals surface area contributed by atoms with Gasteiger partial charge in [-0.15, -0.1) is 0 Å². The van der Waals surface area contributed by atoms with E-state index in [4.69, 9.17) is 4.74 Å². The summed E-state index contributed by atoms with van der Waals surface area (Å²) in [6.45, 7) is 5.81. The summed E-state index contributed by atoms with van der Waals surface area (Å²) in [5.74, 6) is -1.79. The Morgan fingerprint density at radius 2 is 1.62 bits per heavy atom. The molecule has 2 saturated heterocycles. The van der Waals surface area contributed by atoms with Gasteiger partial charge in [-0.2, -0.15) is 12.7 Å². The van der Waals surface area contributed by atoms with Crippen LogP contribution in [0.15, 0.2) is 23.0 Å². The zero-order chi connectivity index (χ0) is 32.7. The number of nitrogens with zero attached hydrogens (tertiary/aromatic N) is 3. The first-order chi connectivity index (χ1) is 21.1. The highest BCUT2D eigenvalue weighted by atomic mass is 32.2. The summed E-state index contributed by atoms with van der Waals surface area (Å²) in [5, 5.41) is 5.13. The van der Waals surface area contributed by atoms with E-state index in [-0.39, 0.29) is 49.5 Å². The number of aryl methyl sites for hydroxylation is 1. The van der Waals surface area contributed by atoms with E-state index in [1.807, 2.05) is 12.1 Å². The summed E-state index contributed by atoms with van der Waals surface area (Å²) in [7, 11) is -2.38. The van der Waals surface area contributed by atoms with E-state index >= 15 is 0 Å². The highest BCUT2D eigenvalue weighted by molar-refractivity contribution is 7.87. The summed E-state index contributed by atoms with van der Waals surface area (Å²) >= 11 is 0. The molecule has 1 aromatic carbocycles. The Labute approximate surface area is 262 Å². The van der Waals surface area contributed by atoms with Crippen LogP contribution in [0.2, 0.25) is 0 Å². The fraction of sp³-hybridized carbons (Fsp3) is 0.633. The molecule has 15 heteroatoms. The van der Waals surface area contributed by atoms with Crippen molar-refractivity contribution in [3.8, 4) is 0 Å². The van der Waals surface area contributed by atoms with Crippen molar-refractivity contribution in [3.63, 3.8) is 0 Å². The largest absolute Gasteiger partial charge is 0.444 e. The lowest BCUT2D eigenvalue weighted by molar-refractivity contribution is -0.135. The van der Waals surface area contributed by atoms with E-state index in [9.17, 15) is 32.4 Å². The van der Waals surface area contributed by atoms with Gasteiger partial charge in [-0.1, -0.05) is 6.07 Å². The number of ether oxygens (including phenoxy) is 1. The summed E-state index contributed by atoms with van der Waals surface area (Å²) in [6.07, 6.45) is 2.99. The second kappa shape index (κ2) is 12.6. The molecule has 0 bridgehead atoms. The average molecular weight is 647 g/mol. The highest BCUT2D eigenvalue weighted by Gasteiger charge is 2.35. The van der Waals surface area contributed by atoms with E-state index in [0.29, 0.717) is 49.6 Å². The second-order valence-corrected chi connectivity index (χ2v) is 14.9. The topological polar surface area (TPSA) is 178 Å². The van der Waals surface area contributed by atoms with Crippen LogP contribution < -0.4 is 21.0 Å². The van der Waals surface area contributed by atoms with Gasteiger partial charge in [0.1, 0.15) is 11.6 Å². The van der Waals surface area contributed by atoms with Crippen molar-refractivity contribution in [1.29, 1.82) is 0 Å². The molecule has 246 valence electrons. The van der Waals surface area contributed by atoms with Gasteiger partial charge in [0, 0.05) is 38.5 Å². The molecule has 2 aliphatic heterocycles. The Morgan fingerprint density at radius 1 is 0.956 bits per heavy atom. The van der Waals surface area contributed by atoms with Crippen molar-refractivity contribution >= 4 is 45.1 Å². The van der Waals surface area contributed by atoms with Gasteiger partial charge in [0.2, 0.25) is 17.7 Å². The molecule has 3 heterocycles. The SMILES string of the molecule is Cn1c(=O)n(C2CCC(=O)NC2=O)c2ccc(C3CCN(S(=O)(=O)NC(=O)C4CCC(NC(=O)OC(C)(C)C)CC4)CC3)cc21. The predicted molar refractivity (Wildman–Crippen MR) is 164 cm³/mol. The quantitative estimate of drug-likeness (QED) is 0.399. The third-order valence-electron chi connectivity index (χ3n) is 8.95. The zero-order valence-corrected chi connectivity index (χ0v) is 26.9. The van der Waals surface area contributed by atoms with E-state index in [1.54, 1.807) is 33.9 Å². The smallest absolute Gasteiger partial charge is 0.407 e. The maximum Gasteiger partial charge on any atom is 0.407 e. The molecular formula is C30H42N6O8S. The number of carbonyl (C=O) groups is 4. The number of amides is 4. The molecule has 5 rings (SSSR count). The molecule has 0 spiro atoms. The minimum Gasteiger partial charge on any atom is -0.444 e. The first kappa shape index (κ1) is 32.7. The van der Waals surface area contributed by atoms with E-state index in [0.717, 1.165) is 5.56 Å². The van der Waals surface area contributed by atoms with Crippen LogP contribution in [-0.4, -0.2) is 70.4 Å². The molecule has 1 saturated carbocycles. The first-order valence-electron chi connectivity index (χ1n) is 15.5. The van der Waals surface area contributed by atoms with Gasteiger partial charge < -0.3 is 10.1 Å². The lowest BCUT2D eigenvalue weighted by Crippen LogP contribution is -2.49. The predicted octanol–water partition coefficient (Wildman–Crippen LogP) is 1.94. The van der Waals surface area contributed by atoms with Gasteiger partial charge in [0.05, 0.1) is 11.0 Å². The molecule has 2 aromatic rings. The molecule has 45 heavy (non-hydrogen) atoms. The molecule has 4 amide bonds. The lowest BCUT2D eigenvalue weighted by atomic mass is 9.86. The summed E-state index contributed by atoms with van der Waals surface area (Å²) < 4.78 is 38.0. The Morgan fingerprint density at radius 3 is 2.24 bits per heavy atom. The Hall–Kier alpha value is -3.72. The van der Waals surface area contributed by atoms with E-state index in [2.05, 4.69) is 15.4 Å². The number of imide groups is 1. The van der Waals surface area contributed by atoms with Gasteiger partial charge in [-0.3, -0.25) is 28.8 Å². The number of piperidine rings is 2. The van der Waals surface area contributed by atoms with Crippen molar-refractivity contribution < 1.29 is 32.3 Å². The third-order valence-corrected chi connectivity index (χ3v) is 10.5. The molecule has 1 aliphatic carbocycles. The van der Waals surface area contributed by atoms with Crippen LogP contribution in [0.25, 0.3) is 11.0 Å². The molecule has 1 aromatic heterocycles. The van der Waals surface area contributed by atoms with Crippen molar-refractivity contribution in [2.24, 2.45) is 13.0 Å². The van der Waals surface area contributed by atoms with Crippen LogP contribution in [0.5, 0.6) is 0 Å². The number of aromatic nitrogens is 2. The molecular weight excluding hydrogens is 604 g/mol. The summed E-state index contributed by atoms with van der Waals surface area (Å²) in [6, 6.07) is 4.71. The van der Waals surface area contributed by atoms with Crippen molar-refractivity contribution in [3.05, 3.63) is 34.2 Å². The van der Waals surface area contributed by atoms with Crippen molar-refractivity contribution in [2.45, 2.75) is 95.7 Å². The van der Waals surface area contributed by atoms with Crippen molar-refractivity contribution in [1.82, 2.24) is 28.8 Å². The average Bonchev–Trinajstić information content (AvgIpc) is 3.21. The number of carbonyl (C=O) groups excluding carboxylic acids is 4. The number of alkyl carbamates (subject to hydrolysis) is 1. The number of benzene rings is 1. The second-order valence-electron chi connectivity index (χ2n) is 13.3. The highest BCUT2D eigenvalue weighted by Crippen LogP contribution is 2.32. The molecule has 3 N–H and O–H groups in total. The summed E-state index contributed by atoms with van der Waals surface area (Å²) in [5.41, 5.74) is 1.25. The van der Waals surface area contributed by atoms with Crippen LogP contribution in [-0.2, 0) is 36.4 Å². The molecule has 1 atom stereocenters. The number of hydrogen-bond donors (Lipinski definition) is 3. The monoisotopic (exact) mass is 646 g/mol. The minimum atomic E-state index is -4.02. The zero-order valence-electron chi connectivity index (χ0n) is 26.1. The van der Waals surface area contributed by atoms with Crippen LogP contribution in [0.3, 0.4) is 0 Å². The Balaban J connectivity index is 1.16. The normalized spacial score (nSPS) is 23.9. The molecule has 14 nitrogen and oxygen atoms in total. The van der Waals surface area contributed by atoms with Crippen LogP contribution in [0.4, 0.5) is 4.79 Å². The Kier molecular flexibility index (Phi) is 9.13. The van der Waals surface area contributed by atoms with Gasteiger partial charge in [-0.25, -0.2) is 14.3 Å². The Bertz CT molecular complexity index is 1660. The van der Waals surface area contributed by atoms with Gasteiger partial charge in [-0.05, 0) is 89.3 Å². The minimum absolute atomic E-state index is 0.0401. The number of fused-ring (bicyclic) bond motifs is 1. The van der Waals surface area contributed by atoms with Gasteiger partial charge in [0.25, 0.3) is 0 Å². The van der Waals surface area contributed by atoms with Crippen LogP contribution >= 0.6 is 0 Å². The van der Waals surface area contributed by atoms with E-state index in [1.165, 1.54) is 13.4 Å². The number of rotatable bonds is 6. The van der Waals surface area contributed by atoms with Crippen LogP contribution in [0, 0.1) is 5.92 Å². The van der Waals surface area contributed by atoms with Gasteiger partial charge in [0.15, 0.2) is 0 Å².